The normalized spacial score (nSPS) is 10.3. The van der Waals surface area contributed by atoms with Gasteiger partial charge in [-0.15, -0.1) is 0 Å². The van der Waals surface area contributed by atoms with Crippen LogP contribution in [0.15, 0.2) is 24.3 Å². The summed E-state index contributed by atoms with van der Waals surface area (Å²) >= 11 is 0. The fourth-order valence-corrected chi connectivity index (χ4v) is 1.47. The fourth-order valence-electron chi connectivity index (χ4n) is 1.47. The maximum Gasteiger partial charge on any atom is 0.323 e. The Morgan fingerprint density at radius 2 is 2.06 bits per heavy atom. The van der Waals surface area contributed by atoms with Gasteiger partial charge in [0.15, 0.2) is 0 Å². The summed E-state index contributed by atoms with van der Waals surface area (Å²) in [6.45, 7) is 3.23. The molecule has 1 amide bonds. The molecule has 0 heterocycles. The predicted molar refractivity (Wildman–Crippen MR) is 64.7 cm³/mol. The van der Waals surface area contributed by atoms with Crippen LogP contribution in [0.2, 0.25) is 0 Å². The van der Waals surface area contributed by atoms with E-state index in [9.17, 15) is 9.59 Å². The molecule has 0 atom stereocenters. The Morgan fingerprint density at radius 3 is 2.53 bits per heavy atom. The first-order valence-electron chi connectivity index (χ1n) is 5.30. The zero-order valence-electron chi connectivity index (χ0n) is 9.88. The highest BCUT2D eigenvalue weighted by molar-refractivity contribution is 5.96. The molecule has 0 fully saturated rings. The third kappa shape index (κ3) is 3.48. The van der Waals surface area contributed by atoms with Crippen molar-refractivity contribution in [1.29, 1.82) is 0 Å². The maximum atomic E-state index is 12.1. The zero-order chi connectivity index (χ0) is 13.0. The molecule has 0 aliphatic carbocycles. The van der Waals surface area contributed by atoms with Crippen LogP contribution in [-0.2, 0) is 4.79 Å². The molecule has 17 heavy (non-hydrogen) atoms. The van der Waals surface area contributed by atoms with Crippen molar-refractivity contribution in [3.63, 3.8) is 0 Å². The first-order chi connectivity index (χ1) is 7.91. The van der Waals surface area contributed by atoms with E-state index in [0.29, 0.717) is 11.3 Å². The van der Waals surface area contributed by atoms with Gasteiger partial charge in [0.2, 0.25) is 0 Å². The number of carboxylic acids is 1. The van der Waals surface area contributed by atoms with E-state index < -0.39 is 5.97 Å². The van der Waals surface area contributed by atoms with E-state index in [-0.39, 0.29) is 18.5 Å². The number of aliphatic carboxylic acids is 1. The second-order valence-electron chi connectivity index (χ2n) is 4.05. The first-order valence-corrected chi connectivity index (χ1v) is 5.30. The lowest BCUT2D eigenvalue weighted by molar-refractivity contribution is -0.138. The topological polar surface area (TPSA) is 83.6 Å². The van der Waals surface area contributed by atoms with E-state index in [0.717, 1.165) is 0 Å². The average molecular weight is 236 g/mol. The largest absolute Gasteiger partial charge is 0.480 e. The minimum absolute atomic E-state index is 0.181. The van der Waals surface area contributed by atoms with Crippen LogP contribution < -0.4 is 5.73 Å². The average Bonchev–Trinajstić information content (AvgIpc) is 2.24. The van der Waals surface area contributed by atoms with Gasteiger partial charge >= 0.3 is 5.97 Å². The molecular formula is C12H16N2O3. The second kappa shape index (κ2) is 5.34. The number of benzene rings is 1. The lowest BCUT2D eigenvalue weighted by atomic mass is 10.1. The van der Waals surface area contributed by atoms with Crippen LogP contribution in [0.1, 0.15) is 24.2 Å². The minimum Gasteiger partial charge on any atom is -0.480 e. The van der Waals surface area contributed by atoms with Gasteiger partial charge in [-0.3, -0.25) is 9.59 Å². The van der Waals surface area contributed by atoms with Gasteiger partial charge in [0, 0.05) is 17.3 Å². The zero-order valence-corrected chi connectivity index (χ0v) is 9.88. The highest BCUT2D eigenvalue weighted by atomic mass is 16.4. The fraction of sp³-hybridized carbons (Fsp3) is 0.333. The molecule has 0 radical (unpaired) electrons. The Balaban J connectivity index is 2.95. The number of amides is 1. The van der Waals surface area contributed by atoms with Crippen LogP contribution in [0.3, 0.4) is 0 Å². The van der Waals surface area contributed by atoms with Crippen LogP contribution in [0.25, 0.3) is 0 Å². The first kappa shape index (κ1) is 13.0. The smallest absolute Gasteiger partial charge is 0.323 e. The third-order valence-electron chi connectivity index (χ3n) is 2.32. The van der Waals surface area contributed by atoms with Crippen molar-refractivity contribution in [2.45, 2.75) is 19.9 Å². The second-order valence-corrected chi connectivity index (χ2v) is 4.05. The summed E-state index contributed by atoms with van der Waals surface area (Å²) in [5.74, 6) is -1.36. The number of nitrogen functional groups attached to an aromatic ring is 1. The standard InChI is InChI=1S/C12H16N2O3/c1-8(2)14(7-11(15)16)12(17)9-4-3-5-10(13)6-9/h3-6,8H,7,13H2,1-2H3,(H,15,16). The van der Waals surface area contributed by atoms with Crippen molar-refractivity contribution in [1.82, 2.24) is 4.90 Å². The summed E-state index contributed by atoms with van der Waals surface area (Å²) in [6, 6.07) is 6.32. The van der Waals surface area contributed by atoms with Crippen LogP contribution in [0.5, 0.6) is 0 Å². The molecule has 0 aliphatic heterocycles. The highest BCUT2D eigenvalue weighted by Gasteiger charge is 2.21. The number of nitrogens with two attached hydrogens (primary N) is 1. The molecule has 0 aliphatic rings. The van der Waals surface area contributed by atoms with Gasteiger partial charge in [-0.05, 0) is 32.0 Å². The van der Waals surface area contributed by atoms with Crippen LogP contribution in [-0.4, -0.2) is 34.5 Å². The Bertz CT molecular complexity index is 430. The quantitative estimate of drug-likeness (QED) is 0.769. The number of nitrogens with zero attached hydrogens (tertiary/aromatic N) is 1. The van der Waals surface area contributed by atoms with E-state index in [1.165, 1.54) is 4.90 Å². The lowest BCUT2D eigenvalue weighted by Crippen LogP contribution is -2.40. The molecule has 1 aromatic carbocycles. The minimum atomic E-state index is -1.03. The van der Waals surface area contributed by atoms with Crippen molar-refractivity contribution in [3.8, 4) is 0 Å². The summed E-state index contributed by atoms with van der Waals surface area (Å²) in [5.41, 5.74) is 6.47. The molecule has 0 saturated heterocycles. The van der Waals surface area contributed by atoms with Gasteiger partial charge in [-0.1, -0.05) is 6.07 Å². The van der Waals surface area contributed by atoms with E-state index in [2.05, 4.69) is 0 Å². The number of carboxylic acid groups (broad SMARTS) is 1. The molecule has 1 rings (SSSR count). The summed E-state index contributed by atoms with van der Waals surface area (Å²) in [4.78, 5) is 24.1. The highest BCUT2D eigenvalue weighted by Crippen LogP contribution is 2.11. The van der Waals surface area contributed by atoms with Gasteiger partial charge < -0.3 is 15.7 Å². The van der Waals surface area contributed by atoms with Crippen LogP contribution in [0.4, 0.5) is 5.69 Å². The molecule has 0 spiro atoms. The Kier molecular flexibility index (Phi) is 4.09. The van der Waals surface area contributed by atoms with E-state index in [1.54, 1.807) is 38.1 Å². The molecular weight excluding hydrogens is 220 g/mol. The predicted octanol–water partition coefficient (Wildman–Crippen LogP) is 1.20. The van der Waals surface area contributed by atoms with Crippen LogP contribution >= 0.6 is 0 Å². The molecule has 5 nitrogen and oxygen atoms in total. The van der Waals surface area contributed by atoms with Gasteiger partial charge in [0.25, 0.3) is 5.91 Å². The lowest BCUT2D eigenvalue weighted by Gasteiger charge is -2.25. The number of hydrogen-bond donors (Lipinski definition) is 2. The number of rotatable bonds is 4. The molecule has 0 bridgehead atoms. The Labute approximate surface area is 99.8 Å². The van der Waals surface area contributed by atoms with Crippen molar-refractivity contribution >= 4 is 17.6 Å². The molecule has 92 valence electrons. The third-order valence-corrected chi connectivity index (χ3v) is 2.32. The van der Waals surface area contributed by atoms with Gasteiger partial charge in [-0.2, -0.15) is 0 Å². The molecule has 0 aromatic heterocycles. The maximum absolute atomic E-state index is 12.1. The number of carbonyl (C=O) groups is 2. The van der Waals surface area contributed by atoms with Crippen LogP contribution in [0, 0.1) is 0 Å². The summed E-state index contributed by atoms with van der Waals surface area (Å²) in [6.07, 6.45) is 0. The molecule has 1 aromatic rings. The molecule has 0 saturated carbocycles. The summed E-state index contributed by atoms with van der Waals surface area (Å²) < 4.78 is 0. The molecule has 5 heteroatoms. The number of carbonyl (C=O) groups excluding carboxylic acids is 1. The monoisotopic (exact) mass is 236 g/mol. The van der Waals surface area contributed by atoms with Gasteiger partial charge in [0.1, 0.15) is 6.54 Å². The van der Waals surface area contributed by atoms with E-state index in [1.807, 2.05) is 0 Å². The van der Waals surface area contributed by atoms with Crippen molar-refractivity contribution in [2.75, 3.05) is 12.3 Å². The van der Waals surface area contributed by atoms with E-state index in [4.69, 9.17) is 10.8 Å². The summed E-state index contributed by atoms with van der Waals surface area (Å²) in [5, 5.41) is 8.76. The Hall–Kier alpha value is -2.04. The Morgan fingerprint density at radius 1 is 1.41 bits per heavy atom. The SMILES string of the molecule is CC(C)N(CC(=O)O)C(=O)c1cccc(N)c1. The van der Waals surface area contributed by atoms with Crippen molar-refractivity contribution < 1.29 is 14.7 Å². The van der Waals surface area contributed by atoms with Crippen molar-refractivity contribution in [3.05, 3.63) is 29.8 Å². The number of anilines is 1. The van der Waals surface area contributed by atoms with Gasteiger partial charge in [-0.25, -0.2) is 0 Å². The van der Waals surface area contributed by atoms with E-state index >= 15 is 0 Å². The molecule has 3 N–H and O–H groups in total. The number of hydrogen-bond acceptors (Lipinski definition) is 3. The van der Waals surface area contributed by atoms with Gasteiger partial charge in [0.05, 0.1) is 0 Å². The van der Waals surface area contributed by atoms with Crippen molar-refractivity contribution in [2.24, 2.45) is 0 Å². The molecule has 0 unspecified atom stereocenters. The summed E-state index contributed by atoms with van der Waals surface area (Å²) in [7, 11) is 0.